The SMILES string of the molecule is COc1ccc(CCNC(=O)Cn2nnc(-c3ccc(C)cc3)n2)cc1. The summed E-state index contributed by atoms with van der Waals surface area (Å²) < 4.78 is 5.13. The van der Waals surface area contributed by atoms with Gasteiger partial charge in [-0.3, -0.25) is 4.79 Å². The highest BCUT2D eigenvalue weighted by molar-refractivity contribution is 5.75. The summed E-state index contributed by atoms with van der Waals surface area (Å²) in [6.45, 7) is 2.61. The van der Waals surface area contributed by atoms with Crippen LogP contribution >= 0.6 is 0 Å². The Balaban J connectivity index is 1.48. The van der Waals surface area contributed by atoms with Gasteiger partial charge in [0.05, 0.1) is 7.11 Å². The first-order valence-corrected chi connectivity index (χ1v) is 8.38. The number of aryl methyl sites for hydroxylation is 1. The molecule has 0 aliphatic heterocycles. The second kappa shape index (κ2) is 8.24. The van der Waals surface area contributed by atoms with Crippen molar-refractivity contribution in [2.75, 3.05) is 13.7 Å². The predicted molar refractivity (Wildman–Crippen MR) is 97.7 cm³/mol. The molecule has 1 aromatic heterocycles. The number of rotatable bonds is 7. The second-order valence-corrected chi connectivity index (χ2v) is 5.96. The van der Waals surface area contributed by atoms with Crippen LogP contribution in [0.2, 0.25) is 0 Å². The number of methoxy groups -OCH3 is 1. The Kier molecular flexibility index (Phi) is 5.58. The van der Waals surface area contributed by atoms with Crippen LogP contribution in [0.4, 0.5) is 0 Å². The summed E-state index contributed by atoms with van der Waals surface area (Å²) in [6, 6.07) is 15.6. The Bertz CT molecular complexity index is 856. The Hall–Kier alpha value is -3.22. The number of hydrogen-bond donors (Lipinski definition) is 1. The summed E-state index contributed by atoms with van der Waals surface area (Å²) in [7, 11) is 1.64. The average molecular weight is 351 g/mol. The molecule has 0 atom stereocenters. The van der Waals surface area contributed by atoms with Crippen molar-refractivity contribution in [1.29, 1.82) is 0 Å². The summed E-state index contributed by atoms with van der Waals surface area (Å²) in [5.41, 5.74) is 3.17. The van der Waals surface area contributed by atoms with Crippen molar-refractivity contribution in [3.8, 4) is 17.1 Å². The number of ether oxygens (including phenoxy) is 1. The topological polar surface area (TPSA) is 81.9 Å². The van der Waals surface area contributed by atoms with E-state index in [1.54, 1.807) is 7.11 Å². The van der Waals surface area contributed by atoms with E-state index >= 15 is 0 Å². The maximum absolute atomic E-state index is 12.0. The van der Waals surface area contributed by atoms with Gasteiger partial charge in [0.1, 0.15) is 12.3 Å². The van der Waals surface area contributed by atoms with Crippen LogP contribution in [0, 0.1) is 6.92 Å². The zero-order valence-corrected chi connectivity index (χ0v) is 14.8. The Morgan fingerprint density at radius 2 is 1.85 bits per heavy atom. The van der Waals surface area contributed by atoms with Crippen molar-refractivity contribution >= 4 is 5.91 Å². The van der Waals surface area contributed by atoms with Gasteiger partial charge in [-0.05, 0) is 36.3 Å². The van der Waals surface area contributed by atoms with Crippen molar-refractivity contribution < 1.29 is 9.53 Å². The molecule has 0 aliphatic carbocycles. The molecule has 0 spiro atoms. The number of carbonyl (C=O) groups is 1. The van der Waals surface area contributed by atoms with Crippen LogP contribution < -0.4 is 10.1 Å². The Morgan fingerprint density at radius 3 is 2.54 bits per heavy atom. The van der Waals surface area contributed by atoms with Gasteiger partial charge >= 0.3 is 0 Å². The van der Waals surface area contributed by atoms with Gasteiger partial charge in [0.2, 0.25) is 11.7 Å². The zero-order chi connectivity index (χ0) is 18.4. The highest BCUT2D eigenvalue weighted by Gasteiger charge is 2.09. The molecule has 2 aromatic carbocycles. The molecule has 3 aromatic rings. The molecule has 134 valence electrons. The molecule has 0 saturated carbocycles. The van der Waals surface area contributed by atoms with Crippen LogP contribution in [-0.2, 0) is 17.8 Å². The van der Waals surface area contributed by atoms with Gasteiger partial charge in [0.15, 0.2) is 0 Å². The van der Waals surface area contributed by atoms with Crippen molar-refractivity contribution in [3.63, 3.8) is 0 Å². The van der Waals surface area contributed by atoms with Gasteiger partial charge in [-0.1, -0.05) is 42.0 Å². The fourth-order valence-electron chi connectivity index (χ4n) is 2.45. The molecular weight excluding hydrogens is 330 g/mol. The van der Waals surface area contributed by atoms with E-state index in [-0.39, 0.29) is 12.5 Å². The van der Waals surface area contributed by atoms with E-state index in [4.69, 9.17) is 4.74 Å². The lowest BCUT2D eigenvalue weighted by Gasteiger charge is -2.05. The normalized spacial score (nSPS) is 10.5. The summed E-state index contributed by atoms with van der Waals surface area (Å²) >= 11 is 0. The van der Waals surface area contributed by atoms with E-state index in [0.717, 1.165) is 28.9 Å². The van der Waals surface area contributed by atoms with Crippen LogP contribution in [0.25, 0.3) is 11.4 Å². The van der Waals surface area contributed by atoms with Crippen LogP contribution in [0.1, 0.15) is 11.1 Å². The molecule has 0 saturated heterocycles. The third-order valence-corrected chi connectivity index (χ3v) is 3.94. The number of carbonyl (C=O) groups excluding carboxylic acids is 1. The number of aromatic nitrogens is 4. The van der Waals surface area contributed by atoms with Gasteiger partial charge in [-0.15, -0.1) is 10.2 Å². The molecular formula is C19H21N5O2. The number of nitrogens with one attached hydrogen (secondary N) is 1. The zero-order valence-electron chi connectivity index (χ0n) is 14.8. The standard InChI is InChI=1S/C19H21N5O2/c1-14-3-7-16(8-4-14)19-21-23-24(22-19)13-18(25)20-12-11-15-5-9-17(26-2)10-6-15/h3-10H,11-13H2,1-2H3,(H,20,25). The van der Waals surface area contributed by atoms with Gasteiger partial charge in [-0.25, -0.2) is 0 Å². The van der Waals surface area contributed by atoms with Crippen LogP contribution in [0.15, 0.2) is 48.5 Å². The first kappa shape index (κ1) is 17.6. The number of benzene rings is 2. The first-order valence-electron chi connectivity index (χ1n) is 8.38. The third kappa shape index (κ3) is 4.66. The lowest BCUT2D eigenvalue weighted by atomic mass is 10.1. The molecule has 7 nitrogen and oxygen atoms in total. The summed E-state index contributed by atoms with van der Waals surface area (Å²) in [6.07, 6.45) is 0.745. The van der Waals surface area contributed by atoms with Crippen LogP contribution in [0.3, 0.4) is 0 Å². The minimum absolute atomic E-state index is 0.0431. The monoisotopic (exact) mass is 351 g/mol. The summed E-state index contributed by atoms with van der Waals surface area (Å²) in [4.78, 5) is 13.3. The molecule has 1 amide bonds. The molecule has 0 unspecified atom stereocenters. The minimum atomic E-state index is -0.147. The molecule has 0 bridgehead atoms. The van der Waals surface area contributed by atoms with E-state index in [1.165, 1.54) is 4.80 Å². The summed E-state index contributed by atoms with van der Waals surface area (Å²) in [5, 5.41) is 15.1. The molecule has 0 radical (unpaired) electrons. The number of hydrogen-bond acceptors (Lipinski definition) is 5. The lowest BCUT2D eigenvalue weighted by molar-refractivity contribution is -0.122. The molecule has 0 aliphatic rings. The first-order chi connectivity index (χ1) is 12.6. The average Bonchev–Trinajstić information content (AvgIpc) is 3.11. The van der Waals surface area contributed by atoms with Gasteiger partial charge in [0, 0.05) is 12.1 Å². The van der Waals surface area contributed by atoms with Crippen molar-refractivity contribution in [3.05, 3.63) is 59.7 Å². The van der Waals surface area contributed by atoms with Gasteiger partial charge < -0.3 is 10.1 Å². The Morgan fingerprint density at radius 1 is 1.12 bits per heavy atom. The van der Waals surface area contributed by atoms with E-state index in [2.05, 4.69) is 20.7 Å². The van der Waals surface area contributed by atoms with Crippen molar-refractivity contribution in [2.24, 2.45) is 0 Å². The second-order valence-electron chi connectivity index (χ2n) is 5.96. The Labute approximate surface area is 152 Å². The smallest absolute Gasteiger partial charge is 0.243 e. The van der Waals surface area contributed by atoms with E-state index in [1.807, 2.05) is 55.5 Å². The van der Waals surface area contributed by atoms with E-state index < -0.39 is 0 Å². The number of amides is 1. The fourth-order valence-corrected chi connectivity index (χ4v) is 2.45. The molecule has 1 N–H and O–H groups in total. The maximum atomic E-state index is 12.0. The van der Waals surface area contributed by atoms with Crippen molar-refractivity contribution in [1.82, 2.24) is 25.5 Å². The number of tetrazole rings is 1. The quantitative estimate of drug-likeness (QED) is 0.704. The maximum Gasteiger partial charge on any atom is 0.243 e. The third-order valence-electron chi connectivity index (χ3n) is 3.94. The summed E-state index contributed by atoms with van der Waals surface area (Å²) in [5.74, 6) is 1.18. The molecule has 26 heavy (non-hydrogen) atoms. The fraction of sp³-hybridized carbons (Fsp3) is 0.263. The van der Waals surface area contributed by atoms with E-state index in [0.29, 0.717) is 12.4 Å². The van der Waals surface area contributed by atoms with Crippen molar-refractivity contribution in [2.45, 2.75) is 19.9 Å². The highest BCUT2D eigenvalue weighted by Crippen LogP contribution is 2.14. The molecule has 0 fully saturated rings. The molecule has 1 heterocycles. The van der Waals surface area contributed by atoms with Crippen LogP contribution in [0.5, 0.6) is 5.75 Å². The molecule has 7 heteroatoms. The lowest BCUT2D eigenvalue weighted by Crippen LogP contribution is -2.30. The van der Waals surface area contributed by atoms with Crippen LogP contribution in [-0.4, -0.2) is 39.8 Å². The van der Waals surface area contributed by atoms with Gasteiger partial charge in [-0.2, -0.15) is 4.80 Å². The molecule has 3 rings (SSSR count). The predicted octanol–water partition coefficient (Wildman–Crippen LogP) is 2.02. The number of nitrogens with zero attached hydrogens (tertiary/aromatic N) is 4. The van der Waals surface area contributed by atoms with Gasteiger partial charge in [0.25, 0.3) is 0 Å². The highest BCUT2D eigenvalue weighted by atomic mass is 16.5. The largest absolute Gasteiger partial charge is 0.497 e. The minimum Gasteiger partial charge on any atom is -0.497 e. The van der Waals surface area contributed by atoms with E-state index in [9.17, 15) is 4.79 Å².